The van der Waals surface area contributed by atoms with Gasteiger partial charge in [0.15, 0.2) is 15.7 Å². The van der Waals surface area contributed by atoms with Crippen molar-refractivity contribution in [1.82, 2.24) is 14.4 Å². The number of nitrogens with zero attached hydrogens (tertiary/aromatic N) is 3. The zero-order valence-corrected chi connectivity index (χ0v) is 17.6. The summed E-state index contributed by atoms with van der Waals surface area (Å²) in [5.41, 5.74) is -1.32. The predicted molar refractivity (Wildman–Crippen MR) is 108 cm³/mol. The first-order valence-electron chi connectivity index (χ1n) is 8.00. The molecule has 29 heavy (non-hydrogen) atoms. The third-order valence-electron chi connectivity index (χ3n) is 3.93. The highest BCUT2D eigenvalue weighted by Gasteiger charge is 2.40. The summed E-state index contributed by atoms with van der Waals surface area (Å²) in [7, 11) is 1.56. The lowest BCUT2D eigenvalue weighted by Gasteiger charge is -2.06. The van der Waals surface area contributed by atoms with Gasteiger partial charge in [-0.05, 0) is 36.4 Å². The summed E-state index contributed by atoms with van der Waals surface area (Å²) >= 11 is 14.7. The Balaban J connectivity index is 1.81. The minimum absolute atomic E-state index is 0.00905. The van der Waals surface area contributed by atoms with Crippen LogP contribution in [0.4, 0.5) is 13.2 Å². The zero-order chi connectivity index (χ0) is 20.8. The van der Waals surface area contributed by atoms with E-state index < -0.39 is 11.9 Å². The van der Waals surface area contributed by atoms with Crippen LogP contribution in [-0.2, 0) is 6.18 Å². The Morgan fingerprint density at radius 3 is 2.48 bits per heavy atom. The number of imidazole rings is 1. The van der Waals surface area contributed by atoms with Crippen molar-refractivity contribution in [3.8, 4) is 17.1 Å². The molecule has 0 bridgehead atoms. The third kappa shape index (κ3) is 3.92. The smallest absolute Gasteiger partial charge is 0.435 e. The van der Waals surface area contributed by atoms with Crippen molar-refractivity contribution >= 4 is 51.9 Å². The molecule has 0 aliphatic carbocycles. The van der Waals surface area contributed by atoms with E-state index in [0.29, 0.717) is 10.1 Å². The molecule has 0 radical (unpaired) electrons. The fourth-order valence-electron chi connectivity index (χ4n) is 2.68. The summed E-state index contributed by atoms with van der Waals surface area (Å²) in [5.74, 6) is 0.699. The molecule has 3 aromatic heterocycles. The number of methoxy groups -OCH3 is 1. The summed E-state index contributed by atoms with van der Waals surface area (Å²) < 4.78 is 48.0. The van der Waals surface area contributed by atoms with E-state index >= 15 is 0 Å². The maximum atomic E-state index is 13.7. The van der Waals surface area contributed by atoms with E-state index in [1.807, 2.05) is 12.1 Å². The average molecular weight is 476 g/mol. The van der Waals surface area contributed by atoms with E-state index in [0.717, 1.165) is 16.2 Å². The van der Waals surface area contributed by atoms with E-state index in [2.05, 4.69) is 9.97 Å². The van der Waals surface area contributed by atoms with E-state index in [1.54, 1.807) is 19.2 Å². The number of rotatable bonds is 4. The van der Waals surface area contributed by atoms with Crippen molar-refractivity contribution in [3.05, 3.63) is 57.6 Å². The number of fused-ring (bicyclic) bond motifs is 1. The molecular formula is C18H10Cl2F3N3OS2. The van der Waals surface area contributed by atoms with Gasteiger partial charge in [-0.3, -0.25) is 4.40 Å². The van der Waals surface area contributed by atoms with Gasteiger partial charge in [0, 0.05) is 11.1 Å². The fraction of sp³-hybridized carbons (Fsp3) is 0.111. The van der Waals surface area contributed by atoms with E-state index in [9.17, 15) is 13.2 Å². The Morgan fingerprint density at radius 1 is 1.10 bits per heavy atom. The number of hydrogen-bond donors (Lipinski definition) is 0. The highest BCUT2D eigenvalue weighted by molar-refractivity contribution is 8.01. The fourth-order valence-corrected chi connectivity index (χ4v) is 5.22. The summed E-state index contributed by atoms with van der Waals surface area (Å²) in [5, 5.41) is 0.100. The van der Waals surface area contributed by atoms with Crippen LogP contribution in [0.5, 0.6) is 5.75 Å². The van der Waals surface area contributed by atoms with Crippen molar-refractivity contribution in [2.45, 2.75) is 15.4 Å². The van der Waals surface area contributed by atoms with Gasteiger partial charge in [0.05, 0.1) is 12.1 Å². The molecular weight excluding hydrogens is 466 g/mol. The molecule has 0 spiro atoms. The molecule has 0 aliphatic heterocycles. The van der Waals surface area contributed by atoms with Crippen LogP contribution in [0.15, 0.2) is 51.8 Å². The van der Waals surface area contributed by atoms with E-state index in [-0.39, 0.29) is 26.4 Å². The number of alkyl halides is 3. The molecule has 0 N–H and O–H groups in total. The first-order valence-corrected chi connectivity index (χ1v) is 10.4. The van der Waals surface area contributed by atoms with Gasteiger partial charge >= 0.3 is 6.18 Å². The summed E-state index contributed by atoms with van der Waals surface area (Å²) in [6.07, 6.45) is -3.24. The third-order valence-corrected chi connectivity index (χ3v) is 6.54. The van der Waals surface area contributed by atoms with Gasteiger partial charge in [-0.1, -0.05) is 46.3 Å². The Labute approximate surface area is 181 Å². The number of aromatic nitrogens is 3. The van der Waals surface area contributed by atoms with Crippen LogP contribution >= 0.6 is 46.3 Å². The Kier molecular flexibility index (Phi) is 5.41. The maximum Gasteiger partial charge on any atom is 0.435 e. The molecule has 0 saturated carbocycles. The van der Waals surface area contributed by atoms with Gasteiger partial charge in [0.1, 0.15) is 21.5 Å². The Morgan fingerprint density at radius 2 is 1.83 bits per heavy atom. The van der Waals surface area contributed by atoms with Gasteiger partial charge in [0.25, 0.3) is 0 Å². The van der Waals surface area contributed by atoms with Crippen molar-refractivity contribution in [3.63, 3.8) is 0 Å². The number of hydrogen-bond acceptors (Lipinski definition) is 5. The zero-order valence-electron chi connectivity index (χ0n) is 14.5. The molecule has 11 heteroatoms. The first-order chi connectivity index (χ1) is 13.8. The van der Waals surface area contributed by atoms with Crippen LogP contribution in [0.1, 0.15) is 5.69 Å². The molecule has 0 saturated heterocycles. The van der Waals surface area contributed by atoms with Crippen LogP contribution in [0, 0.1) is 0 Å². The molecule has 0 fully saturated rings. The largest absolute Gasteiger partial charge is 0.497 e. The number of thiazole rings is 1. The summed E-state index contributed by atoms with van der Waals surface area (Å²) in [6.45, 7) is 0. The summed E-state index contributed by atoms with van der Waals surface area (Å²) in [6, 6.07) is 10.2. The molecule has 0 atom stereocenters. The number of halogens is 5. The quantitative estimate of drug-likeness (QED) is 0.320. The monoisotopic (exact) mass is 475 g/mol. The standard InChI is InChI=1S/C18H10Cl2F3N3OS2/c1-27-9-4-6-10(7-5-9)28-17-24-12(15(20)29-17)13-14(18(21,22)23)25-16-11(19)3-2-8-26(13)16/h2-8H,1H3. The molecule has 0 aliphatic rings. The van der Waals surface area contributed by atoms with Crippen LogP contribution in [-0.4, -0.2) is 21.5 Å². The van der Waals surface area contributed by atoms with Crippen molar-refractivity contribution < 1.29 is 17.9 Å². The lowest BCUT2D eigenvalue weighted by atomic mass is 10.2. The SMILES string of the molecule is COc1ccc(Sc2nc(-c3c(C(F)(F)F)nc4c(Cl)cccn34)c(Cl)s2)cc1. The topological polar surface area (TPSA) is 39.4 Å². The van der Waals surface area contributed by atoms with Crippen molar-refractivity contribution in [2.75, 3.05) is 7.11 Å². The molecule has 150 valence electrons. The van der Waals surface area contributed by atoms with E-state index in [1.165, 1.54) is 34.5 Å². The van der Waals surface area contributed by atoms with Crippen LogP contribution in [0.2, 0.25) is 9.36 Å². The number of benzene rings is 1. The number of ether oxygens (including phenoxy) is 1. The highest BCUT2D eigenvalue weighted by atomic mass is 35.5. The Hall–Kier alpha value is -1.94. The normalized spacial score (nSPS) is 11.9. The van der Waals surface area contributed by atoms with Gasteiger partial charge in [-0.25, -0.2) is 9.97 Å². The van der Waals surface area contributed by atoms with Crippen LogP contribution in [0.3, 0.4) is 0 Å². The van der Waals surface area contributed by atoms with E-state index in [4.69, 9.17) is 27.9 Å². The predicted octanol–water partition coefficient (Wildman–Crippen LogP) is 6.94. The molecule has 4 nitrogen and oxygen atoms in total. The maximum absolute atomic E-state index is 13.7. The molecule has 4 aromatic rings. The lowest BCUT2D eigenvalue weighted by Crippen LogP contribution is -2.08. The minimum atomic E-state index is -4.69. The van der Waals surface area contributed by atoms with Gasteiger partial charge < -0.3 is 4.74 Å². The minimum Gasteiger partial charge on any atom is -0.497 e. The molecule has 0 unspecified atom stereocenters. The van der Waals surface area contributed by atoms with Crippen molar-refractivity contribution in [1.29, 1.82) is 0 Å². The van der Waals surface area contributed by atoms with Gasteiger partial charge in [-0.15, -0.1) is 0 Å². The molecule has 0 amide bonds. The van der Waals surface area contributed by atoms with Gasteiger partial charge in [-0.2, -0.15) is 13.2 Å². The van der Waals surface area contributed by atoms with Gasteiger partial charge in [0.2, 0.25) is 0 Å². The number of pyridine rings is 1. The highest BCUT2D eigenvalue weighted by Crippen LogP contribution is 2.44. The molecule has 4 rings (SSSR count). The van der Waals surface area contributed by atoms with Crippen LogP contribution in [0.25, 0.3) is 17.0 Å². The first kappa shape index (κ1) is 20.3. The molecule has 1 aromatic carbocycles. The second kappa shape index (κ2) is 7.71. The van der Waals surface area contributed by atoms with Crippen LogP contribution < -0.4 is 4.74 Å². The second-order valence-electron chi connectivity index (χ2n) is 5.74. The molecule has 3 heterocycles. The Bertz CT molecular complexity index is 1190. The average Bonchev–Trinajstić information content (AvgIpc) is 3.23. The summed E-state index contributed by atoms with van der Waals surface area (Å²) in [4.78, 5) is 8.91. The van der Waals surface area contributed by atoms with Crippen molar-refractivity contribution in [2.24, 2.45) is 0 Å². The lowest BCUT2D eigenvalue weighted by molar-refractivity contribution is -0.140. The second-order valence-corrected chi connectivity index (χ2v) is 9.07.